The van der Waals surface area contributed by atoms with E-state index < -0.39 is 7.77 Å². The average Bonchev–Trinajstić information content (AvgIpc) is 2.06. The van der Waals surface area contributed by atoms with Crippen LogP contribution in [-0.4, -0.2) is 12.2 Å². The van der Waals surface area contributed by atoms with Crippen LogP contribution < -0.4 is 5.30 Å². The zero-order chi connectivity index (χ0) is 8.97. The van der Waals surface area contributed by atoms with E-state index in [4.69, 9.17) is 4.52 Å². The topological polar surface area (TPSA) is 9.23 Å². The van der Waals surface area contributed by atoms with Gasteiger partial charge in [-0.25, -0.2) is 4.39 Å². The van der Waals surface area contributed by atoms with Crippen molar-refractivity contribution in [2.45, 2.75) is 0 Å². The first-order chi connectivity index (χ1) is 5.74. The van der Waals surface area contributed by atoms with Gasteiger partial charge in [0.05, 0.1) is 0 Å². The van der Waals surface area contributed by atoms with Gasteiger partial charge in [-0.05, 0) is 24.3 Å². The Morgan fingerprint density at radius 2 is 2.00 bits per heavy atom. The van der Waals surface area contributed by atoms with E-state index in [1.54, 1.807) is 12.1 Å². The summed E-state index contributed by atoms with van der Waals surface area (Å²) < 4.78 is 17.6. The fraction of sp³-hybridized carbons (Fsp3) is 0.125. The quantitative estimate of drug-likeness (QED) is 0.450. The highest BCUT2D eigenvalue weighted by Gasteiger charge is 2.10. The monoisotopic (exact) mass is 203 g/mol. The molecule has 0 bridgehead atoms. The van der Waals surface area contributed by atoms with E-state index in [0.29, 0.717) is 5.94 Å². The maximum Gasteiger partial charge on any atom is 0.286 e. The van der Waals surface area contributed by atoms with E-state index in [2.05, 4.69) is 18.9 Å². The second-order valence-corrected chi connectivity index (χ2v) is 3.90. The minimum absolute atomic E-state index is 0.243. The van der Waals surface area contributed by atoms with E-state index in [9.17, 15) is 4.39 Å². The molecule has 1 aromatic rings. The summed E-state index contributed by atoms with van der Waals surface area (Å²) in [7, 11) is -0.881. The first-order valence-corrected chi connectivity index (χ1v) is 5.41. The van der Waals surface area contributed by atoms with Crippen LogP contribution in [0.25, 0.3) is 0 Å². The molecule has 12 heavy (non-hydrogen) atoms. The van der Waals surface area contributed by atoms with Crippen LogP contribution in [0.2, 0.25) is 0 Å². The van der Waals surface area contributed by atoms with Gasteiger partial charge in [-0.15, -0.1) is 12.6 Å². The molecule has 1 nitrogen and oxygen atoms in total. The Morgan fingerprint density at radius 1 is 1.42 bits per heavy atom. The third kappa shape index (κ3) is 2.59. The summed E-state index contributed by atoms with van der Waals surface area (Å²) in [5.41, 5.74) is 0. The molecule has 4 heteroatoms. The van der Waals surface area contributed by atoms with Crippen molar-refractivity contribution in [3.63, 3.8) is 0 Å². The largest absolute Gasteiger partial charge is 0.286 e. The molecule has 0 amide bonds. The third-order valence-electron chi connectivity index (χ3n) is 1.33. The molecule has 0 radical (unpaired) electrons. The Kier molecular flexibility index (Phi) is 3.73. The van der Waals surface area contributed by atoms with Gasteiger partial charge in [0.2, 0.25) is 0 Å². The molecule has 1 atom stereocenters. The summed E-state index contributed by atoms with van der Waals surface area (Å²) in [6.07, 6.45) is 3.80. The van der Waals surface area contributed by atoms with Gasteiger partial charge in [-0.3, -0.25) is 0 Å². The SMILES string of the molecule is C=[P+](OCS)c1ccc(F)cc1. The maximum atomic E-state index is 12.5. The fourth-order valence-electron chi connectivity index (χ4n) is 0.752. The number of thiol groups is 1. The smallest absolute Gasteiger partial charge is 0.207 e. The van der Waals surface area contributed by atoms with Crippen LogP contribution in [-0.2, 0) is 4.52 Å². The zero-order valence-corrected chi connectivity index (χ0v) is 8.19. The van der Waals surface area contributed by atoms with E-state index in [1.165, 1.54) is 12.1 Å². The lowest BCUT2D eigenvalue weighted by atomic mass is 10.4. The van der Waals surface area contributed by atoms with Crippen molar-refractivity contribution in [2.24, 2.45) is 0 Å². The average molecular weight is 203 g/mol. The molecule has 64 valence electrons. The number of halogens is 1. The molecule has 1 aromatic carbocycles. The highest BCUT2D eigenvalue weighted by atomic mass is 32.1. The van der Waals surface area contributed by atoms with Gasteiger partial charge in [-0.2, -0.15) is 4.52 Å². The van der Waals surface area contributed by atoms with Crippen LogP contribution in [0.15, 0.2) is 24.3 Å². The van der Waals surface area contributed by atoms with Crippen molar-refractivity contribution in [1.29, 1.82) is 0 Å². The second kappa shape index (κ2) is 4.61. The Balaban J connectivity index is 2.75. The predicted molar refractivity (Wildman–Crippen MR) is 55.0 cm³/mol. The van der Waals surface area contributed by atoms with Gasteiger partial charge in [-0.1, -0.05) is 0 Å². The van der Waals surface area contributed by atoms with E-state index in [-0.39, 0.29) is 5.82 Å². The van der Waals surface area contributed by atoms with Crippen molar-refractivity contribution in [3.05, 3.63) is 30.1 Å². The maximum absolute atomic E-state index is 12.5. The summed E-state index contributed by atoms with van der Waals surface area (Å²) in [5, 5.41) is 0.917. The molecule has 0 N–H and O–H groups in total. The predicted octanol–water partition coefficient (Wildman–Crippen LogP) is 2.18. The van der Waals surface area contributed by atoms with Gasteiger partial charge in [0.15, 0.2) is 5.30 Å². The summed E-state index contributed by atoms with van der Waals surface area (Å²) in [6, 6.07) is 6.16. The van der Waals surface area contributed by atoms with Crippen LogP contribution in [0.1, 0.15) is 0 Å². The first-order valence-electron chi connectivity index (χ1n) is 3.34. The van der Waals surface area contributed by atoms with Gasteiger partial charge < -0.3 is 0 Å². The van der Waals surface area contributed by atoms with E-state index >= 15 is 0 Å². The first kappa shape index (κ1) is 9.72. The molecule has 0 aliphatic heterocycles. The van der Waals surface area contributed by atoms with Crippen LogP contribution >= 0.6 is 20.4 Å². The molecule has 0 aliphatic rings. The Labute approximate surface area is 77.4 Å². The summed E-state index contributed by atoms with van der Waals surface area (Å²) in [6.45, 7) is 0. The Bertz CT molecular complexity index is 273. The number of hydrogen-bond acceptors (Lipinski definition) is 2. The Hall–Kier alpha value is -0.370. The molecule has 1 unspecified atom stereocenters. The molecule has 1 rings (SSSR count). The van der Waals surface area contributed by atoms with Gasteiger partial charge in [0, 0.05) is 0 Å². The molecule has 0 aromatic heterocycles. The van der Waals surface area contributed by atoms with Crippen molar-refractivity contribution >= 4 is 32.0 Å². The third-order valence-corrected chi connectivity index (χ3v) is 2.98. The zero-order valence-electron chi connectivity index (χ0n) is 6.40. The van der Waals surface area contributed by atoms with Crippen LogP contribution in [0.3, 0.4) is 0 Å². The summed E-state index contributed by atoms with van der Waals surface area (Å²) in [5.74, 6) is 0.0973. The highest BCUT2D eigenvalue weighted by molar-refractivity contribution is 7.80. The molecule has 0 saturated heterocycles. The second-order valence-electron chi connectivity index (χ2n) is 2.11. The molecule has 0 spiro atoms. The minimum atomic E-state index is -0.881. The van der Waals surface area contributed by atoms with Crippen molar-refractivity contribution < 1.29 is 8.91 Å². The minimum Gasteiger partial charge on any atom is -0.207 e. The highest BCUT2D eigenvalue weighted by Crippen LogP contribution is 2.20. The molecule has 0 heterocycles. The molecule has 0 saturated carbocycles. The molecule has 0 aliphatic carbocycles. The van der Waals surface area contributed by atoms with Crippen LogP contribution in [0.5, 0.6) is 0 Å². The summed E-state index contributed by atoms with van der Waals surface area (Å²) in [4.78, 5) is 0. The lowest BCUT2D eigenvalue weighted by Crippen LogP contribution is -1.97. The number of hydrogen-bond donors (Lipinski definition) is 1. The van der Waals surface area contributed by atoms with E-state index in [1.807, 2.05) is 0 Å². The van der Waals surface area contributed by atoms with Gasteiger partial charge in [0.1, 0.15) is 18.1 Å². The number of benzene rings is 1. The van der Waals surface area contributed by atoms with Crippen LogP contribution in [0, 0.1) is 5.82 Å². The molecule has 0 fully saturated rings. The summed E-state index contributed by atoms with van der Waals surface area (Å²) >= 11 is 3.91. The van der Waals surface area contributed by atoms with Gasteiger partial charge in [0.25, 0.3) is 7.77 Å². The fourth-order valence-corrected chi connectivity index (χ4v) is 1.94. The lowest BCUT2D eigenvalue weighted by Gasteiger charge is -1.91. The normalized spacial score (nSPS) is 11.3. The molecular weight excluding hydrogens is 194 g/mol. The van der Waals surface area contributed by atoms with Gasteiger partial charge >= 0.3 is 0 Å². The standard InChI is InChI=1S/C8H8FOPS/c1-11(10-6-12)8-4-2-7(9)3-5-8/h2-5H,1,6H2/p+1. The lowest BCUT2D eigenvalue weighted by molar-refractivity contribution is 0.456. The van der Waals surface area contributed by atoms with Crippen molar-refractivity contribution in [1.82, 2.24) is 0 Å². The van der Waals surface area contributed by atoms with Crippen LogP contribution in [0.4, 0.5) is 4.39 Å². The number of rotatable bonds is 3. The van der Waals surface area contributed by atoms with E-state index in [0.717, 1.165) is 5.30 Å². The van der Waals surface area contributed by atoms with Crippen molar-refractivity contribution in [3.8, 4) is 0 Å². The van der Waals surface area contributed by atoms with Crippen molar-refractivity contribution in [2.75, 3.05) is 5.94 Å². The molecular formula is C8H9FOPS+. The Morgan fingerprint density at radius 3 is 2.50 bits per heavy atom.